The van der Waals surface area contributed by atoms with Crippen LogP contribution in [-0.2, 0) is 28.6 Å². The fourth-order valence-corrected chi connectivity index (χ4v) is 10.6. The highest BCUT2D eigenvalue weighted by atomic mass is 16.6. The van der Waals surface area contributed by atoms with Gasteiger partial charge >= 0.3 is 17.9 Å². The molecule has 0 saturated carbocycles. The fraction of sp³-hybridized carbons (Fsp3) is 0.849. The molecule has 79 heavy (non-hydrogen) atoms. The topological polar surface area (TPSA) is 78.9 Å². The number of hydrogen-bond donors (Lipinski definition) is 0. The zero-order valence-corrected chi connectivity index (χ0v) is 53.2. The first-order valence-corrected chi connectivity index (χ1v) is 35.1. The van der Waals surface area contributed by atoms with Gasteiger partial charge < -0.3 is 14.2 Å². The summed E-state index contributed by atoms with van der Waals surface area (Å²) in [5, 5.41) is 0. The van der Waals surface area contributed by atoms with Crippen molar-refractivity contribution in [2.24, 2.45) is 0 Å². The van der Waals surface area contributed by atoms with Crippen molar-refractivity contribution in [1.82, 2.24) is 0 Å². The van der Waals surface area contributed by atoms with Crippen LogP contribution < -0.4 is 0 Å². The van der Waals surface area contributed by atoms with Crippen molar-refractivity contribution in [2.45, 2.75) is 386 Å². The SMILES string of the molecule is CC/C=C\C/C=C\C/C=C\C/C=C\CCCCCCCCCCCCCCCCCCCCC(=O)OCC(COC(=O)CCCCCCCCCCCCCCCC)OC(=O)CCCCCCCCCCCCCCCCCC. The average Bonchev–Trinajstić information content (AvgIpc) is 3.45. The van der Waals surface area contributed by atoms with E-state index in [2.05, 4.69) is 69.4 Å². The number of allylic oxidation sites excluding steroid dienone is 8. The van der Waals surface area contributed by atoms with Crippen LogP contribution in [0.15, 0.2) is 48.6 Å². The molecule has 0 fully saturated rings. The third-order valence-electron chi connectivity index (χ3n) is 15.8. The lowest BCUT2D eigenvalue weighted by Crippen LogP contribution is -2.30. The number of rotatable bonds is 65. The van der Waals surface area contributed by atoms with Gasteiger partial charge in [-0.15, -0.1) is 0 Å². The highest BCUT2D eigenvalue weighted by Gasteiger charge is 2.19. The highest BCUT2D eigenvalue weighted by Crippen LogP contribution is 2.19. The van der Waals surface area contributed by atoms with E-state index >= 15 is 0 Å². The van der Waals surface area contributed by atoms with Gasteiger partial charge in [0.2, 0.25) is 0 Å². The molecule has 0 N–H and O–H groups in total. The van der Waals surface area contributed by atoms with E-state index in [1.54, 1.807) is 0 Å². The number of carbonyl (C=O) groups excluding carboxylic acids is 3. The molecule has 0 saturated heterocycles. The molecule has 1 unspecified atom stereocenters. The second-order valence-electron chi connectivity index (χ2n) is 23.8. The first kappa shape index (κ1) is 76.4. The van der Waals surface area contributed by atoms with Crippen LogP contribution >= 0.6 is 0 Å². The number of hydrogen-bond acceptors (Lipinski definition) is 6. The van der Waals surface area contributed by atoms with E-state index in [1.807, 2.05) is 0 Å². The first-order chi connectivity index (χ1) is 39.0. The van der Waals surface area contributed by atoms with Gasteiger partial charge in [0, 0.05) is 19.3 Å². The quantitative estimate of drug-likeness (QED) is 0.0261. The molecule has 0 radical (unpaired) electrons. The molecule has 0 aromatic carbocycles. The zero-order chi connectivity index (χ0) is 57.1. The first-order valence-electron chi connectivity index (χ1n) is 35.1. The van der Waals surface area contributed by atoms with Gasteiger partial charge in [-0.1, -0.05) is 352 Å². The van der Waals surface area contributed by atoms with Gasteiger partial charge in [0.1, 0.15) is 13.2 Å². The highest BCUT2D eigenvalue weighted by molar-refractivity contribution is 5.71. The average molecular weight is 1110 g/mol. The van der Waals surface area contributed by atoms with Crippen molar-refractivity contribution in [3.8, 4) is 0 Å². The summed E-state index contributed by atoms with van der Waals surface area (Å²) < 4.78 is 17.0. The maximum Gasteiger partial charge on any atom is 0.306 e. The third kappa shape index (κ3) is 66.1. The molecule has 0 aromatic heterocycles. The summed E-state index contributed by atoms with van der Waals surface area (Å²) in [7, 11) is 0. The Kier molecular flexibility index (Phi) is 65.6. The summed E-state index contributed by atoms with van der Waals surface area (Å²) >= 11 is 0. The summed E-state index contributed by atoms with van der Waals surface area (Å²) in [4.78, 5) is 38.4. The van der Waals surface area contributed by atoms with Crippen LogP contribution in [0.3, 0.4) is 0 Å². The Morgan fingerprint density at radius 2 is 0.494 bits per heavy atom. The molecule has 462 valence electrons. The van der Waals surface area contributed by atoms with Crippen LogP contribution in [0.25, 0.3) is 0 Å². The Morgan fingerprint density at radius 1 is 0.266 bits per heavy atom. The van der Waals surface area contributed by atoms with Crippen LogP contribution in [-0.4, -0.2) is 37.2 Å². The second kappa shape index (κ2) is 67.9. The summed E-state index contributed by atoms with van der Waals surface area (Å²) in [6, 6.07) is 0. The molecule has 0 rings (SSSR count). The molecule has 6 heteroatoms. The largest absolute Gasteiger partial charge is 0.462 e. The summed E-state index contributed by atoms with van der Waals surface area (Å²) in [6.07, 6.45) is 85.7. The van der Waals surface area contributed by atoms with Crippen LogP contribution in [0, 0.1) is 0 Å². The lowest BCUT2D eigenvalue weighted by Gasteiger charge is -2.18. The van der Waals surface area contributed by atoms with Crippen LogP contribution in [0.5, 0.6) is 0 Å². The Morgan fingerprint density at radius 3 is 0.772 bits per heavy atom. The molecule has 0 spiro atoms. The summed E-state index contributed by atoms with van der Waals surface area (Å²) in [5.74, 6) is -0.834. The van der Waals surface area contributed by atoms with E-state index in [0.717, 1.165) is 83.5 Å². The standard InChI is InChI=1S/C73H134O6/c1-4-7-10-13-16-19-22-25-28-30-31-32-33-34-35-36-37-38-39-40-41-42-43-44-46-48-51-54-57-60-63-66-72(75)78-69-70(68-77-71(74)65-62-59-56-53-50-47-27-24-21-18-15-12-9-6-3)79-73(76)67-64-61-58-55-52-49-45-29-26-23-20-17-14-11-8-5-2/h7,10,16,19,25,28,31-32,70H,4-6,8-9,11-15,17-18,20-24,26-27,29-30,33-69H2,1-3H3/b10-7-,19-16-,28-25-,32-31-. The molecule has 0 bridgehead atoms. The van der Waals surface area contributed by atoms with E-state index in [-0.39, 0.29) is 31.1 Å². The smallest absolute Gasteiger partial charge is 0.306 e. The van der Waals surface area contributed by atoms with E-state index < -0.39 is 6.10 Å². The van der Waals surface area contributed by atoms with Gasteiger partial charge in [-0.3, -0.25) is 14.4 Å². The minimum atomic E-state index is -0.767. The predicted molar refractivity (Wildman–Crippen MR) is 344 cm³/mol. The van der Waals surface area contributed by atoms with E-state index in [4.69, 9.17) is 14.2 Å². The van der Waals surface area contributed by atoms with Gasteiger partial charge in [0.25, 0.3) is 0 Å². The fourth-order valence-electron chi connectivity index (χ4n) is 10.6. The van der Waals surface area contributed by atoms with Crippen molar-refractivity contribution in [3.63, 3.8) is 0 Å². The molecule has 0 aliphatic rings. The van der Waals surface area contributed by atoms with Gasteiger partial charge in [0.15, 0.2) is 6.10 Å². The Balaban J connectivity index is 4.15. The van der Waals surface area contributed by atoms with E-state index in [0.29, 0.717) is 19.3 Å². The Hall–Kier alpha value is -2.63. The van der Waals surface area contributed by atoms with Gasteiger partial charge in [-0.2, -0.15) is 0 Å². The van der Waals surface area contributed by atoms with Crippen LogP contribution in [0.1, 0.15) is 380 Å². The van der Waals surface area contributed by atoms with Gasteiger partial charge in [-0.25, -0.2) is 0 Å². The summed E-state index contributed by atoms with van der Waals surface area (Å²) in [6.45, 7) is 6.60. The minimum Gasteiger partial charge on any atom is -0.462 e. The van der Waals surface area contributed by atoms with Crippen LogP contribution in [0.4, 0.5) is 0 Å². The predicted octanol–water partition coefficient (Wildman–Crippen LogP) is 24.1. The van der Waals surface area contributed by atoms with E-state index in [1.165, 1.54) is 257 Å². The molecule has 0 amide bonds. The number of ether oxygens (including phenoxy) is 3. The van der Waals surface area contributed by atoms with Crippen molar-refractivity contribution in [3.05, 3.63) is 48.6 Å². The zero-order valence-electron chi connectivity index (χ0n) is 53.2. The molecular formula is C73H134O6. The minimum absolute atomic E-state index is 0.0648. The third-order valence-corrected chi connectivity index (χ3v) is 15.8. The maximum atomic E-state index is 12.9. The molecule has 1 atom stereocenters. The molecule has 0 aliphatic heterocycles. The molecular weight excluding hydrogens is 973 g/mol. The summed E-state index contributed by atoms with van der Waals surface area (Å²) in [5.41, 5.74) is 0. The number of carbonyl (C=O) groups is 3. The Labute approximate surface area is 492 Å². The second-order valence-corrected chi connectivity index (χ2v) is 23.8. The molecule has 0 heterocycles. The molecule has 0 aliphatic carbocycles. The lowest BCUT2D eigenvalue weighted by molar-refractivity contribution is -0.167. The molecule has 6 nitrogen and oxygen atoms in total. The van der Waals surface area contributed by atoms with Gasteiger partial charge in [-0.05, 0) is 57.8 Å². The van der Waals surface area contributed by atoms with Crippen molar-refractivity contribution >= 4 is 17.9 Å². The monoisotopic (exact) mass is 1110 g/mol. The Bertz CT molecular complexity index is 1360. The van der Waals surface area contributed by atoms with E-state index in [9.17, 15) is 14.4 Å². The van der Waals surface area contributed by atoms with Gasteiger partial charge in [0.05, 0.1) is 0 Å². The lowest BCUT2D eigenvalue weighted by atomic mass is 10.0. The number of unbranched alkanes of at least 4 members (excludes halogenated alkanes) is 46. The molecule has 0 aromatic rings. The number of esters is 3. The van der Waals surface area contributed by atoms with Crippen molar-refractivity contribution < 1.29 is 28.6 Å². The normalized spacial score (nSPS) is 12.3. The maximum absolute atomic E-state index is 12.9. The van der Waals surface area contributed by atoms with Crippen molar-refractivity contribution in [1.29, 1.82) is 0 Å². The van der Waals surface area contributed by atoms with Crippen molar-refractivity contribution in [2.75, 3.05) is 13.2 Å². The van der Waals surface area contributed by atoms with Crippen LogP contribution in [0.2, 0.25) is 0 Å².